The van der Waals surface area contributed by atoms with Crippen molar-refractivity contribution >= 4 is 15.9 Å². The lowest BCUT2D eigenvalue weighted by molar-refractivity contribution is 0.114. The molecule has 0 saturated carbocycles. The molecule has 0 aliphatic heterocycles. The number of halogens is 1. The summed E-state index contributed by atoms with van der Waals surface area (Å²) in [7, 11) is 0. The first-order chi connectivity index (χ1) is 7.15. The maximum atomic E-state index is 5.53. The molecule has 1 aromatic rings. The Morgan fingerprint density at radius 3 is 2.80 bits per heavy atom. The van der Waals surface area contributed by atoms with Crippen LogP contribution in [0.5, 0.6) is 0 Å². The maximum Gasteiger partial charge on any atom is 0.102 e. The zero-order valence-electron chi connectivity index (χ0n) is 9.66. The van der Waals surface area contributed by atoms with Gasteiger partial charge in [-0.05, 0) is 36.2 Å². The molecule has 3 nitrogen and oxygen atoms in total. The lowest BCUT2D eigenvalue weighted by Crippen LogP contribution is -2.03. The van der Waals surface area contributed by atoms with Crippen LogP contribution in [-0.2, 0) is 11.3 Å². The van der Waals surface area contributed by atoms with Gasteiger partial charge in [-0.25, -0.2) is 0 Å². The third-order valence-electron chi connectivity index (χ3n) is 2.17. The second kappa shape index (κ2) is 6.28. The van der Waals surface area contributed by atoms with Gasteiger partial charge in [-0.3, -0.25) is 4.68 Å². The van der Waals surface area contributed by atoms with Gasteiger partial charge in [0.05, 0.1) is 11.1 Å². The smallest absolute Gasteiger partial charge is 0.102 e. The summed E-state index contributed by atoms with van der Waals surface area (Å²) in [6.07, 6.45) is 4.29. The number of nitrogens with zero attached hydrogens (tertiary/aromatic N) is 2. The molecule has 0 fully saturated rings. The molecule has 0 aliphatic rings. The first-order valence-corrected chi connectivity index (χ1v) is 6.25. The fourth-order valence-corrected chi connectivity index (χ4v) is 1.59. The minimum Gasteiger partial charge on any atom is -0.375 e. The molecule has 0 saturated heterocycles. The molecule has 1 heterocycles. The third kappa shape index (κ3) is 3.95. The summed E-state index contributed by atoms with van der Waals surface area (Å²) in [5.74, 6) is 0. The van der Waals surface area contributed by atoms with Gasteiger partial charge >= 0.3 is 0 Å². The number of hydrogen-bond acceptors (Lipinski definition) is 2. The molecule has 86 valence electrons. The summed E-state index contributed by atoms with van der Waals surface area (Å²) in [4.78, 5) is 0. The standard InChI is InChI=1S/C11H19BrN2O/c1-4-5-6-15-8-11-10(12)7-14(13-11)9(2)3/h7,9H,4-6,8H2,1-3H3. The normalized spacial score (nSPS) is 11.3. The van der Waals surface area contributed by atoms with Crippen LogP contribution < -0.4 is 0 Å². The van der Waals surface area contributed by atoms with Crippen molar-refractivity contribution in [1.82, 2.24) is 9.78 Å². The van der Waals surface area contributed by atoms with Crippen molar-refractivity contribution in [3.63, 3.8) is 0 Å². The van der Waals surface area contributed by atoms with Gasteiger partial charge in [-0.1, -0.05) is 13.3 Å². The van der Waals surface area contributed by atoms with Gasteiger partial charge in [0.25, 0.3) is 0 Å². The zero-order valence-corrected chi connectivity index (χ0v) is 11.2. The predicted molar refractivity (Wildman–Crippen MR) is 64.9 cm³/mol. The zero-order chi connectivity index (χ0) is 11.3. The molecule has 0 aliphatic carbocycles. The summed E-state index contributed by atoms with van der Waals surface area (Å²) < 4.78 is 8.51. The van der Waals surface area contributed by atoms with Crippen LogP contribution in [-0.4, -0.2) is 16.4 Å². The van der Waals surface area contributed by atoms with Gasteiger partial charge < -0.3 is 4.74 Å². The van der Waals surface area contributed by atoms with Crippen LogP contribution in [0, 0.1) is 0 Å². The molecule has 0 radical (unpaired) electrons. The highest BCUT2D eigenvalue weighted by atomic mass is 79.9. The highest BCUT2D eigenvalue weighted by Crippen LogP contribution is 2.18. The van der Waals surface area contributed by atoms with Gasteiger partial charge in [0.2, 0.25) is 0 Å². The van der Waals surface area contributed by atoms with Crippen LogP contribution in [0.15, 0.2) is 10.7 Å². The topological polar surface area (TPSA) is 27.1 Å². The molecular weight excluding hydrogens is 256 g/mol. The molecule has 15 heavy (non-hydrogen) atoms. The molecule has 0 unspecified atom stereocenters. The Morgan fingerprint density at radius 2 is 2.27 bits per heavy atom. The summed E-state index contributed by atoms with van der Waals surface area (Å²) in [6.45, 7) is 7.80. The summed E-state index contributed by atoms with van der Waals surface area (Å²) in [5, 5.41) is 4.45. The van der Waals surface area contributed by atoms with Crippen LogP contribution in [0.4, 0.5) is 0 Å². The van der Waals surface area contributed by atoms with Crippen LogP contribution in [0.25, 0.3) is 0 Å². The molecular formula is C11H19BrN2O. The predicted octanol–water partition coefficient (Wildman–Crippen LogP) is 3.54. The molecule has 1 aromatic heterocycles. The van der Waals surface area contributed by atoms with E-state index in [4.69, 9.17) is 4.74 Å². The van der Waals surface area contributed by atoms with E-state index in [0.717, 1.165) is 23.2 Å². The summed E-state index contributed by atoms with van der Waals surface area (Å²) in [6, 6.07) is 0.394. The second-order valence-corrected chi connectivity index (χ2v) is 4.76. The van der Waals surface area contributed by atoms with Crippen molar-refractivity contribution in [2.75, 3.05) is 6.61 Å². The lowest BCUT2D eigenvalue weighted by atomic mass is 10.4. The molecule has 0 bridgehead atoms. The van der Waals surface area contributed by atoms with E-state index in [9.17, 15) is 0 Å². The molecule has 0 atom stereocenters. The fraction of sp³-hybridized carbons (Fsp3) is 0.727. The Labute approximate surface area is 99.9 Å². The SMILES string of the molecule is CCCCOCc1nn(C(C)C)cc1Br. The quantitative estimate of drug-likeness (QED) is 0.742. The number of rotatable bonds is 6. The molecule has 0 amide bonds. The van der Waals surface area contributed by atoms with Crippen molar-refractivity contribution in [3.05, 3.63) is 16.4 Å². The van der Waals surface area contributed by atoms with Crippen molar-refractivity contribution in [2.24, 2.45) is 0 Å². The van der Waals surface area contributed by atoms with E-state index in [-0.39, 0.29) is 0 Å². The van der Waals surface area contributed by atoms with Crippen molar-refractivity contribution in [2.45, 2.75) is 46.3 Å². The van der Waals surface area contributed by atoms with E-state index in [1.165, 1.54) is 6.42 Å². The number of unbranched alkanes of at least 4 members (excludes halogenated alkanes) is 1. The van der Waals surface area contributed by atoms with E-state index >= 15 is 0 Å². The van der Waals surface area contributed by atoms with Crippen molar-refractivity contribution < 1.29 is 4.74 Å². The average molecular weight is 275 g/mol. The molecule has 4 heteroatoms. The van der Waals surface area contributed by atoms with Crippen LogP contribution in [0.2, 0.25) is 0 Å². The summed E-state index contributed by atoms with van der Waals surface area (Å²) >= 11 is 3.49. The van der Waals surface area contributed by atoms with E-state index in [1.807, 2.05) is 10.9 Å². The van der Waals surface area contributed by atoms with Crippen molar-refractivity contribution in [3.8, 4) is 0 Å². The fourth-order valence-electron chi connectivity index (χ4n) is 1.18. The second-order valence-electron chi connectivity index (χ2n) is 3.90. The van der Waals surface area contributed by atoms with Gasteiger partial charge in [0.15, 0.2) is 0 Å². The highest BCUT2D eigenvalue weighted by molar-refractivity contribution is 9.10. The minimum atomic E-state index is 0.394. The van der Waals surface area contributed by atoms with E-state index in [1.54, 1.807) is 0 Å². The Kier molecular flexibility index (Phi) is 5.32. The monoisotopic (exact) mass is 274 g/mol. The summed E-state index contributed by atoms with van der Waals surface area (Å²) in [5.41, 5.74) is 0.986. The molecule has 0 N–H and O–H groups in total. The first kappa shape index (κ1) is 12.7. The largest absolute Gasteiger partial charge is 0.375 e. The van der Waals surface area contributed by atoms with Gasteiger partial charge in [0, 0.05) is 18.8 Å². The third-order valence-corrected chi connectivity index (χ3v) is 2.83. The van der Waals surface area contributed by atoms with Gasteiger partial charge in [0.1, 0.15) is 5.69 Å². The number of aromatic nitrogens is 2. The maximum absolute atomic E-state index is 5.53. The lowest BCUT2D eigenvalue weighted by Gasteiger charge is -2.04. The van der Waals surface area contributed by atoms with Crippen LogP contribution >= 0.6 is 15.9 Å². The number of ether oxygens (including phenoxy) is 1. The van der Waals surface area contributed by atoms with Gasteiger partial charge in [-0.15, -0.1) is 0 Å². The molecule has 0 spiro atoms. The van der Waals surface area contributed by atoms with E-state index < -0.39 is 0 Å². The average Bonchev–Trinajstić information content (AvgIpc) is 2.55. The Bertz CT molecular complexity index is 297. The van der Waals surface area contributed by atoms with Crippen LogP contribution in [0.3, 0.4) is 0 Å². The van der Waals surface area contributed by atoms with E-state index in [2.05, 4.69) is 41.8 Å². The molecule has 0 aromatic carbocycles. The van der Waals surface area contributed by atoms with Crippen LogP contribution in [0.1, 0.15) is 45.3 Å². The Hall–Kier alpha value is -0.350. The highest BCUT2D eigenvalue weighted by Gasteiger charge is 2.08. The van der Waals surface area contributed by atoms with Gasteiger partial charge in [-0.2, -0.15) is 5.10 Å². The number of hydrogen-bond donors (Lipinski definition) is 0. The minimum absolute atomic E-state index is 0.394. The van der Waals surface area contributed by atoms with E-state index in [0.29, 0.717) is 12.6 Å². The van der Waals surface area contributed by atoms with Crippen molar-refractivity contribution in [1.29, 1.82) is 0 Å². The molecule has 1 rings (SSSR count). The Balaban J connectivity index is 2.46. The Morgan fingerprint density at radius 1 is 1.53 bits per heavy atom. The first-order valence-electron chi connectivity index (χ1n) is 5.46.